The third kappa shape index (κ3) is 3.34. The van der Waals surface area contributed by atoms with Crippen LogP contribution in [-0.2, 0) is 6.54 Å². The Labute approximate surface area is 134 Å². The maximum Gasteiger partial charge on any atom is 0.129 e. The Morgan fingerprint density at radius 1 is 1.00 bits per heavy atom. The number of nitrogens with zero attached hydrogens (tertiary/aromatic N) is 2. The third-order valence-corrected chi connectivity index (χ3v) is 4.38. The molecule has 1 fully saturated rings. The van der Waals surface area contributed by atoms with E-state index in [0.29, 0.717) is 17.1 Å². The molecule has 1 aliphatic rings. The van der Waals surface area contributed by atoms with Gasteiger partial charge in [0.2, 0.25) is 0 Å². The first-order valence-corrected chi connectivity index (χ1v) is 7.70. The van der Waals surface area contributed by atoms with Crippen molar-refractivity contribution in [3.8, 4) is 5.75 Å². The molecule has 3 rings (SSSR count). The summed E-state index contributed by atoms with van der Waals surface area (Å²) < 4.78 is 13.8. The quantitative estimate of drug-likeness (QED) is 0.937. The molecule has 1 saturated heterocycles. The molecule has 0 saturated carbocycles. The van der Waals surface area contributed by atoms with Gasteiger partial charge in [-0.1, -0.05) is 17.7 Å². The number of benzene rings is 2. The Hall–Kier alpha value is -1.78. The van der Waals surface area contributed by atoms with Crippen LogP contribution >= 0.6 is 11.6 Å². The lowest BCUT2D eigenvalue weighted by Crippen LogP contribution is -2.46. The molecule has 0 atom stereocenters. The van der Waals surface area contributed by atoms with Crippen LogP contribution in [0.5, 0.6) is 5.75 Å². The molecule has 0 aromatic heterocycles. The number of halogens is 2. The molecule has 1 N–H and O–H groups in total. The van der Waals surface area contributed by atoms with Crippen LogP contribution in [0, 0.1) is 5.82 Å². The van der Waals surface area contributed by atoms with Gasteiger partial charge in [0.15, 0.2) is 0 Å². The van der Waals surface area contributed by atoms with Crippen molar-refractivity contribution in [1.82, 2.24) is 4.90 Å². The van der Waals surface area contributed by atoms with E-state index in [-0.39, 0.29) is 11.6 Å². The fourth-order valence-corrected chi connectivity index (χ4v) is 2.96. The van der Waals surface area contributed by atoms with Crippen LogP contribution in [0.15, 0.2) is 42.5 Å². The number of phenolic OH excluding ortho intramolecular Hbond substituents is 1. The van der Waals surface area contributed by atoms with Gasteiger partial charge in [0.25, 0.3) is 0 Å². The molecular weight excluding hydrogens is 303 g/mol. The summed E-state index contributed by atoms with van der Waals surface area (Å²) >= 11 is 6.09. The summed E-state index contributed by atoms with van der Waals surface area (Å²) in [5.41, 5.74) is 1.67. The molecule has 22 heavy (non-hydrogen) atoms. The molecule has 0 bridgehead atoms. The van der Waals surface area contributed by atoms with Crippen molar-refractivity contribution in [2.24, 2.45) is 0 Å². The van der Waals surface area contributed by atoms with Gasteiger partial charge in [0.1, 0.15) is 11.6 Å². The molecule has 2 aromatic carbocycles. The van der Waals surface area contributed by atoms with Gasteiger partial charge in [-0.3, -0.25) is 4.90 Å². The number of aromatic hydroxyl groups is 1. The zero-order valence-corrected chi connectivity index (χ0v) is 12.9. The van der Waals surface area contributed by atoms with E-state index in [9.17, 15) is 9.50 Å². The van der Waals surface area contributed by atoms with Crippen molar-refractivity contribution in [1.29, 1.82) is 0 Å². The molecule has 5 heteroatoms. The highest BCUT2D eigenvalue weighted by Crippen LogP contribution is 2.23. The third-order valence-electron chi connectivity index (χ3n) is 4.03. The lowest BCUT2D eigenvalue weighted by atomic mass is 10.1. The maximum absolute atomic E-state index is 13.8. The van der Waals surface area contributed by atoms with Crippen molar-refractivity contribution in [3.05, 3.63) is 58.9 Å². The summed E-state index contributed by atoms with van der Waals surface area (Å²) in [6.07, 6.45) is 0. The van der Waals surface area contributed by atoms with Gasteiger partial charge in [-0.2, -0.15) is 0 Å². The monoisotopic (exact) mass is 320 g/mol. The van der Waals surface area contributed by atoms with Crippen molar-refractivity contribution in [2.45, 2.75) is 6.54 Å². The summed E-state index contributed by atoms with van der Waals surface area (Å²) in [6.45, 7) is 3.99. The zero-order chi connectivity index (χ0) is 15.5. The largest absolute Gasteiger partial charge is 0.508 e. The second-order valence-corrected chi connectivity index (χ2v) is 5.89. The second kappa shape index (κ2) is 6.55. The fourth-order valence-electron chi connectivity index (χ4n) is 2.73. The van der Waals surface area contributed by atoms with Gasteiger partial charge in [0.05, 0.1) is 0 Å². The molecule has 1 aliphatic heterocycles. The van der Waals surface area contributed by atoms with Crippen molar-refractivity contribution >= 4 is 17.3 Å². The number of piperazine rings is 1. The van der Waals surface area contributed by atoms with E-state index in [4.69, 9.17) is 11.6 Å². The number of phenols is 1. The van der Waals surface area contributed by atoms with Crippen LogP contribution in [0.1, 0.15) is 5.56 Å². The highest BCUT2D eigenvalue weighted by molar-refractivity contribution is 6.31. The Morgan fingerprint density at radius 2 is 1.68 bits per heavy atom. The molecule has 116 valence electrons. The van der Waals surface area contributed by atoms with Gasteiger partial charge < -0.3 is 10.0 Å². The lowest BCUT2D eigenvalue weighted by Gasteiger charge is -2.36. The minimum Gasteiger partial charge on any atom is -0.508 e. The van der Waals surface area contributed by atoms with Gasteiger partial charge >= 0.3 is 0 Å². The first kappa shape index (κ1) is 15.1. The van der Waals surface area contributed by atoms with Crippen LogP contribution in [0.25, 0.3) is 0 Å². The van der Waals surface area contributed by atoms with E-state index in [0.717, 1.165) is 31.9 Å². The molecule has 0 aliphatic carbocycles. The highest BCUT2D eigenvalue weighted by Gasteiger charge is 2.19. The Bertz CT molecular complexity index is 619. The average molecular weight is 321 g/mol. The zero-order valence-electron chi connectivity index (χ0n) is 12.2. The predicted molar refractivity (Wildman–Crippen MR) is 87.0 cm³/mol. The number of rotatable bonds is 3. The number of hydrogen-bond donors (Lipinski definition) is 1. The highest BCUT2D eigenvalue weighted by atomic mass is 35.5. The van der Waals surface area contributed by atoms with E-state index in [1.807, 2.05) is 12.1 Å². The molecule has 0 unspecified atom stereocenters. The summed E-state index contributed by atoms with van der Waals surface area (Å²) in [6, 6.07) is 12.0. The van der Waals surface area contributed by atoms with Crippen molar-refractivity contribution in [3.63, 3.8) is 0 Å². The first-order chi connectivity index (χ1) is 10.6. The van der Waals surface area contributed by atoms with Crippen LogP contribution < -0.4 is 4.90 Å². The van der Waals surface area contributed by atoms with Crippen LogP contribution in [-0.4, -0.2) is 36.2 Å². The molecule has 0 spiro atoms. The van der Waals surface area contributed by atoms with Gasteiger partial charge in [-0.05, 0) is 36.4 Å². The maximum atomic E-state index is 13.8. The summed E-state index contributed by atoms with van der Waals surface area (Å²) in [5.74, 6) is 0.0324. The number of anilines is 1. The minimum absolute atomic E-state index is 0.242. The second-order valence-electron chi connectivity index (χ2n) is 5.48. The smallest absolute Gasteiger partial charge is 0.129 e. The first-order valence-electron chi connectivity index (χ1n) is 7.33. The topological polar surface area (TPSA) is 26.7 Å². The fraction of sp³-hybridized carbons (Fsp3) is 0.294. The standard InChI is InChI=1S/C17H18ClFN2O/c18-16-2-1-3-17(19)15(16)12-20-8-10-21(11-9-20)13-4-6-14(22)7-5-13/h1-7,22H,8-12H2. The SMILES string of the molecule is Oc1ccc(N2CCN(Cc3c(F)cccc3Cl)CC2)cc1. The number of hydrogen-bond acceptors (Lipinski definition) is 3. The van der Waals surface area contributed by atoms with E-state index in [1.54, 1.807) is 24.3 Å². The molecular formula is C17H18ClFN2O. The van der Waals surface area contributed by atoms with Crippen LogP contribution in [0.3, 0.4) is 0 Å². The Morgan fingerprint density at radius 3 is 2.32 bits per heavy atom. The Balaban J connectivity index is 1.61. The molecule has 3 nitrogen and oxygen atoms in total. The van der Waals surface area contributed by atoms with Crippen molar-refractivity contribution < 1.29 is 9.50 Å². The molecule has 0 amide bonds. The summed E-state index contributed by atoms with van der Waals surface area (Å²) in [4.78, 5) is 4.47. The van der Waals surface area contributed by atoms with E-state index < -0.39 is 0 Å². The normalized spacial score (nSPS) is 16.0. The molecule has 0 radical (unpaired) electrons. The van der Waals surface area contributed by atoms with Crippen molar-refractivity contribution in [2.75, 3.05) is 31.1 Å². The summed E-state index contributed by atoms with van der Waals surface area (Å²) in [5, 5.41) is 9.83. The van der Waals surface area contributed by atoms with E-state index >= 15 is 0 Å². The lowest BCUT2D eigenvalue weighted by molar-refractivity contribution is 0.246. The van der Waals surface area contributed by atoms with E-state index in [1.165, 1.54) is 6.07 Å². The van der Waals surface area contributed by atoms with Gasteiger partial charge in [-0.15, -0.1) is 0 Å². The van der Waals surface area contributed by atoms with Crippen LogP contribution in [0.4, 0.5) is 10.1 Å². The predicted octanol–water partition coefficient (Wildman–Crippen LogP) is 3.51. The van der Waals surface area contributed by atoms with Gasteiger partial charge in [-0.25, -0.2) is 4.39 Å². The minimum atomic E-state index is -0.242. The summed E-state index contributed by atoms with van der Waals surface area (Å²) in [7, 11) is 0. The van der Waals surface area contributed by atoms with Crippen LogP contribution in [0.2, 0.25) is 5.02 Å². The Kier molecular flexibility index (Phi) is 4.50. The van der Waals surface area contributed by atoms with E-state index in [2.05, 4.69) is 9.80 Å². The average Bonchev–Trinajstić information content (AvgIpc) is 2.53. The van der Waals surface area contributed by atoms with Gasteiger partial charge in [0, 0.05) is 49.0 Å². The molecule has 1 heterocycles. The molecule has 2 aromatic rings.